The molecule has 1 saturated heterocycles. The largest absolute Gasteiger partial charge is 0.495 e. The van der Waals surface area contributed by atoms with Gasteiger partial charge in [0.15, 0.2) is 5.60 Å². The summed E-state index contributed by atoms with van der Waals surface area (Å²) in [6, 6.07) is 18.3. The fourth-order valence-corrected chi connectivity index (χ4v) is 6.79. The lowest BCUT2D eigenvalue weighted by atomic mass is 9.70. The van der Waals surface area contributed by atoms with E-state index >= 15 is 0 Å². The molecule has 0 N–H and O–H groups in total. The maximum atomic E-state index is 14.3. The zero-order valence-electron chi connectivity index (χ0n) is 21.0. The lowest BCUT2D eigenvalue weighted by Crippen LogP contribution is -2.52. The number of rotatable bonds is 6. The quantitative estimate of drug-likeness (QED) is 0.434. The Labute approximate surface area is 224 Å². The second-order valence-corrected chi connectivity index (χ2v) is 10.8. The number of fused-ring (bicyclic) bond motifs is 3. The third kappa shape index (κ3) is 3.39. The molecule has 0 spiro atoms. The van der Waals surface area contributed by atoms with Gasteiger partial charge in [0.2, 0.25) is 5.91 Å². The molecule has 8 heteroatoms. The number of nitrogens with zero attached hydrogens (tertiary/aromatic N) is 2. The summed E-state index contributed by atoms with van der Waals surface area (Å²) in [5.74, 6) is 0.490. The standard InChI is InChI=1S/C29H29BrN2O5/c1-32(21-16-36-17-21)27(33)22-13-28(35-3)26-23(34-2)14-31-15-24(26)37-29(28,19-9-11-20(30)12-10-19)25(22)18-7-5-4-6-8-18/h4-12,14-15,21-22,25H,13,16-17H2,1-3H3/t22-,25+,28+,29-/m0/s1. The predicted molar refractivity (Wildman–Crippen MR) is 141 cm³/mol. The van der Waals surface area contributed by atoms with Crippen molar-refractivity contribution in [1.82, 2.24) is 9.88 Å². The van der Waals surface area contributed by atoms with E-state index in [-0.39, 0.29) is 17.9 Å². The Morgan fingerprint density at radius 3 is 2.43 bits per heavy atom. The first-order chi connectivity index (χ1) is 18.0. The van der Waals surface area contributed by atoms with Crippen molar-refractivity contribution in [2.75, 3.05) is 34.5 Å². The van der Waals surface area contributed by atoms with Crippen molar-refractivity contribution in [1.29, 1.82) is 0 Å². The number of pyridine rings is 1. The predicted octanol–water partition coefficient (Wildman–Crippen LogP) is 4.64. The van der Waals surface area contributed by atoms with Gasteiger partial charge in [0.25, 0.3) is 0 Å². The van der Waals surface area contributed by atoms with Gasteiger partial charge in [-0.05, 0) is 29.7 Å². The van der Waals surface area contributed by atoms with Crippen LogP contribution in [0, 0.1) is 5.92 Å². The van der Waals surface area contributed by atoms with Crippen LogP contribution in [0.2, 0.25) is 0 Å². The van der Waals surface area contributed by atoms with Gasteiger partial charge in [-0.15, -0.1) is 0 Å². The van der Waals surface area contributed by atoms with Gasteiger partial charge in [-0.3, -0.25) is 9.78 Å². The number of hydrogen-bond acceptors (Lipinski definition) is 6. The van der Waals surface area contributed by atoms with E-state index in [1.807, 2.05) is 42.3 Å². The number of benzene rings is 2. The molecule has 3 heterocycles. The van der Waals surface area contributed by atoms with Gasteiger partial charge in [-0.1, -0.05) is 58.4 Å². The number of halogens is 1. The first-order valence-electron chi connectivity index (χ1n) is 12.4. The summed E-state index contributed by atoms with van der Waals surface area (Å²) in [5.41, 5.74) is 0.693. The smallest absolute Gasteiger partial charge is 0.226 e. The first-order valence-corrected chi connectivity index (χ1v) is 13.2. The summed E-state index contributed by atoms with van der Waals surface area (Å²) in [7, 11) is 5.19. The molecule has 1 saturated carbocycles. The lowest BCUT2D eigenvalue weighted by Gasteiger charge is -2.43. The Morgan fingerprint density at radius 2 is 1.81 bits per heavy atom. The van der Waals surface area contributed by atoms with Crippen LogP contribution in [0.5, 0.6) is 11.5 Å². The van der Waals surface area contributed by atoms with Crippen LogP contribution in [-0.4, -0.2) is 56.3 Å². The van der Waals surface area contributed by atoms with Crippen LogP contribution in [0.25, 0.3) is 0 Å². The van der Waals surface area contributed by atoms with Crippen molar-refractivity contribution in [3.05, 3.63) is 88.2 Å². The lowest BCUT2D eigenvalue weighted by molar-refractivity contribution is -0.147. The van der Waals surface area contributed by atoms with Crippen LogP contribution in [0.3, 0.4) is 0 Å². The van der Waals surface area contributed by atoms with Crippen molar-refractivity contribution < 1.29 is 23.7 Å². The second kappa shape index (κ2) is 9.11. The fourth-order valence-electron chi connectivity index (χ4n) is 6.53. The Kier molecular flexibility index (Phi) is 6.01. The molecule has 2 aromatic carbocycles. The minimum absolute atomic E-state index is 0.0580. The minimum Gasteiger partial charge on any atom is -0.495 e. The SMILES string of the molecule is COc1cncc2c1[C@]1(OC)C[C@H](C(=O)N(C)C3COC3)[C@@H](c3ccccc3)[C@]1(c1ccc(Br)cc1)O2. The number of carbonyl (C=O) groups excluding carboxylic acids is 1. The Balaban J connectivity index is 1.63. The maximum Gasteiger partial charge on any atom is 0.226 e. The molecule has 2 aliphatic heterocycles. The molecule has 0 unspecified atom stereocenters. The molecule has 37 heavy (non-hydrogen) atoms. The van der Waals surface area contributed by atoms with Crippen molar-refractivity contribution >= 4 is 21.8 Å². The molecule has 1 aliphatic carbocycles. The van der Waals surface area contributed by atoms with E-state index in [0.29, 0.717) is 31.1 Å². The van der Waals surface area contributed by atoms with Crippen molar-refractivity contribution in [3.63, 3.8) is 0 Å². The number of carbonyl (C=O) groups is 1. The van der Waals surface area contributed by atoms with E-state index in [9.17, 15) is 4.79 Å². The normalized spacial score (nSPS) is 28.1. The van der Waals surface area contributed by atoms with E-state index in [1.165, 1.54) is 0 Å². The Morgan fingerprint density at radius 1 is 1.08 bits per heavy atom. The van der Waals surface area contributed by atoms with Gasteiger partial charge < -0.3 is 23.8 Å². The van der Waals surface area contributed by atoms with E-state index in [0.717, 1.165) is 21.2 Å². The van der Waals surface area contributed by atoms with Gasteiger partial charge in [0, 0.05) is 24.5 Å². The first kappa shape index (κ1) is 24.4. The third-order valence-electron chi connectivity index (χ3n) is 8.33. The number of ether oxygens (including phenoxy) is 4. The molecule has 192 valence electrons. The molecule has 2 fully saturated rings. The van der Waals surface area contributed by atoms with E-state index in [1.54, 1.807) is 26.6 Å². The molecular weight excluding hydrogens is 536 g/mol. The van der Waals surface area contributed by atoms with Crippen molar-refractivity contribution in [2.24, 2.45) is 5.92 Å². The molecule has 6 rings (SSSR count). The Hall–Kier alpha value is -2.94. The van der Waals surface area contributed by atoms with Crippen LogP contribution < -0.4 is 9.47 Å². The van der Waals surface area contributed by atoms with Gasteiger partial charge in [0.1, 0.15) is 17.1 Å². The molecular formula is C29H29BrN2O5. The summed E-state index contributed by atoms with van der Waals surface area (Å²) in [5, 5.41) is 0. The molecule has 0 radical (unpaired) electrons. The fraction of sp³-hybridized carbons (Fsp3) is 0.379. The number of likely N-dealkylation sites (N-methyl/N-ethyl adjacent to an activating group) is 1. The highest BCUT2D eigenvalue weighted by atomic mass is 79.9. The van der Waals surface area contributed by atoms with Crippen molar-refractivity contribution in [3.8, 4) is 11.5 Å². The van der Waals surface area contributed by atoms with E-state index in [2.05, 4.69) is 45.2 Å². The molecule has 1 amide bonds. The maximum absolute atomic E-state index is 14.3. The van der Waals surface area contributed by atoms with E-state index < -0.39 is 17.1 Å². The summed E-state index contributed by atoms with van der Waals surface area (Å²) in [4.78, 5) is 20.5. The van der Waals surface area contributed by atoms with E-state index in [4.69, 9.17) is 18.9 Å². The van der Waals surface area contributed by atoms with Crippen LogP contribution in [0.1, 0.15) is 29.0 Å². The van der Waals surface area contributed by atoms with Gasteiger partial charge in [-0.25, -0.2) is 0 Å². The number of amides is 1. The minimum atomic E-state index is -1.04. The van der Waals surface area contributed by atoms with Gasteiger partial charge >= 0.3 is 0 Å². The highest BCUT2D eigenvalue weighted by Gasteiger charge is 2.74. The average Bonchev–Trinajstić information content (AvgIpc) is 3.35. The number of methoxy groups -OCH3 is 2. The summed E-state index contributed by atoms with van der Waals surface area (Å²) < 4.78 is 25.7. The monoisotopic (exact) mass is 564 g/mol. The van der Waals surface area contributed by atoms with Crippen LogP contribution in [-0.2, 0) is 25.5 Å². The molecule has 3 aromatic rings. The topological polar surface area (TPSA) is 70.1 Å². The van der Waals surface area contributed by atoms with Crippen LogP contribution >= 0.6 is 15.9 Å². The second-order valence-electron chi connectivity index (χ2n) is 9.93. The highest BCUT2D eigenvalue weighted by Crippen LogP contribution is 2.71. The zero-order valence-corrected chi connectivity index (χ0v) is 22.6. The Bertz CT molecular complexity index is 1320. The number of aromatic nitrogens is 1. The third-order valence-corrected chi connectivity index (χ3v) is 8.86. The molecule has 1 aromatic heterocycles. The summed E-state index contributed by atoms with van der Waals surface area (Å²) >= 11 is 3.58. The molecule has 7 nitrogen and oxygen atoms in total. The van der Waals surface area contributed by atoms with Gasteiger partial charge in [0.05, 0.1) is 50.2 Å². The molecule has 4 atom stereocenters. The summed E-state index contributed by atoms with van der Waals surface area (Å²) in [6.07, 6.45) is 3.82. The van der Waals surface area contributed by atoms with Crippen molar-refractivity contribution in [2.45, 2.75) is 29.6 Å². The molecule has 0 bridgehead atoms. The summed E-state index contributed by atoms with van der Waals surface area (Å²) in [6.45, 7) is 1.11. The zero-order chi connectivity index (χ0) is 25.8. The van der Waals surface area contributed by atoms with Crippen LogP contribution in [0.4, 0.5) is 0 Å². The van der Waals surface area contributed by atoms with Gasteiger partial charge in [-0.2, -0.15) is 0 Å². The molecule has 3 aliphatic rings. The highest BCUT2D eigenvalue weighted by molar-refractivity contribution is 9.10. The van der Waals surface area contributed by atoms with Crippen LogP contribution in [0.15, 0.2) is 71.5 Å². The number of hydrogen-bond donors (Lipinski definition) is 0. The average molecular weight is 565 g/mol.